The Kier molecular flexibility index (Phi) is 12.9. The first-order valence-electron chi connectivity index (χ1n) is 11.0. The van der Waals surface area contributed by atoms with Crippen molar-refractivity contribution in [1.29, 1.82) is 0 Å². The Morgan fingerprint density at radius 3 is 2.43 bits per heavy atom. The van der Waals surface area contributed by atoms with Gasteiger partial charge in [-0.05, 0) is 83.7 Å². The van der Waals surface area contributed by atoms with Crippen molar-refractivity contribution in [2.24, 2.45) is 11.8 Å². The predicted octanol–water partition coefficient (Wildman–Crippen LogP) is 6.27. The Hall–Kier alpha value is -1.38. The molecule has 0 saturated heterocycles. The molecule has 0 fully saturated rings. The number of allylic oxidation sites excluding steroid dienone is 4. The highest BCUT2D eigenvalue weighted by atomic mass is 16.3. The molecule has 2 atom stereocenters. The first-order valence-corrected chi connectivity index (χ1v) is 11.0. The van der Waals surface area contributed by atoms with Gasteiger partial charge in [0.1, 0.15) is 0 Å². The molecule has 0 aromatic heterocycles. The summed E-state index contributed by atoms with van der Waals surface area (Å²) in [4.78, 5) is 2.27. The van der Waals surface area contributed by atoms with E-state index in [1.165, 1.54) is 42.4 Å². The van der Waals surface area contributed by atoms with Crippen molar-refractivity contribution in [1.82, 2.24) is 4.90 Å². The summed E-state index contributed by atoms with van der Waals surface area (Å²) in [7, 11) is 2.12. The molecule has 0 amide bonds. The third-order valence-corrected chi connectivity index (χ3v) is 5.40. The highest BCUT2D eigenvalue weighted by Crippen LogP contribution is 2.22. The molecular formula is C26H43NO. The van der Waals surface area contributed by atoms with Crippen molar-refractivity contribution in [2.45, 2.75) is 66.2 Å². The van der Waals surface area contributed by atoms with Gasteiger partial charge in [-0.2, -0.15) is 0 Å². The van der Waals surface area contributed by atoms with E-state index < -0.39 is 0 Å². The average Bonchev–Trinajstić information content (AvgIpc) is 2.62. The molecule has 1 aromatic rings. The van der Waals surface area contributed by atoms with Gasteiger partial charge >= 0.3 is 0 Å². The largest absolute Gasteiger partial charge is 0.395 e. The number of aliphatic hydroxyl groups excluding tert-OH is 1. The topological polar surface area (TPSA) is 23.5 Å². The van der Waals surface area contributed by atoms with Crippen LogP contribution < -0.4 is 0 Å². The lowest BCUT2D eigenvalue weighted by molar-refractivity contribution is 0.191. The van der Waals surface area contributed by atoms with Crippen LogP contribution in [-0.2, 0) is 6.42 Å². The zero-order valence-corrected chi connectivity index (χ0v) is 19.0. The first kappa shape index (κ1) is 24.7. The number of likely N-dealkylation sites (N-methyl/N-ethyl adjacent to an activating group) is 1. The van der Waals surface area contributed by atoms with Gasteiger partial charge in [-0.25, -0.2) is 0 Å². The number of aliphatic hydroxyl groups is 1. The lowest BCUT2D eigenvalue weighted by atomic mass is 9.87. The number of benzene rings is 1. The van der Waals surface area contributed by atoms with Gasteiger partial charge in [0.2, 0.25) is 0 Å². The summed E-state index contributed by atoms with van der Waals surface area (Å²) in [6, 6.07) is 10.8. The average molecular weight is 386 g/mol. The number of hydrogen-bond acceptors (Lipinski definition) is 2. The molecule has 0 spiro atoms. The SMILES string of the molecule is CC(C)=CCC/C(C)=C/CCC(C)CC(Cc1ccccc1)CN(C)CCO. The van der Waals surface area contributed by atoms with Crippen molar-refractivity contribution in [2.75, 3.05) is 26.7 Å². The lowest BCUT2D eigenvalue weighted by Crippen LogP contribution is -2.30. The van der Waals surface area contributed by atoms with E-state index in [2.05, 4.69) is 82.1 Å². The summed E-state index contributed by atoms with van der Waals surface area (Å²) in [5.74, 6) is 1.36. The van der Waals surface area contributed by atoms with E-state index >= 15 is 0 Å². The highest BCUT2D eigenvalue weighted by molar-refractivity contribution is 5.15. The van der Waals surface area contributed by atoms with E-state index in [9.17, 15) is 5.11 Å². The standard InChI is InChI=1S/C26H43NO/c1-22(2)11-9-12-23(3)13-10-14-24(4)19-26(21-27(5)17-18-28)20-25-15-7-6-8-16-25/h6-8,11,13,15-16,24,26,28H,9-10,12,14,17-21H2,1-5H3/b23-13+. The van der Waals surface area contributed by atoms with E-state index in [1.54, 1.807) is 0 Å². The van der Waals surface area contributed by atoms with Crippen LogP contribution in [0.1, 0.15) is 65.4 Å². The van der Waals surface area contributed by atoms with E-state index in [1.807, 2.05) is 0 Å². The fourth-order valence-corrected chi connectivity index (χ4v) is 3.86. The van der Waals surface area contributed by atoms with Crippen molar-refractivity contribution < 1.29 is 5.11 Å². The van der Waals surface area contributed by atoms with Gasteiger partial charge in [0.05, 0.1) is 6.61 Å². The second kappa shape index (κ2) is 14.6. The molecule has 2 nitrogen and oxygen atoms in total. The van der Waals surface area contributed by atoms with Crippen LogP contribution in [0.2, 0.25) is 0 Å². The summed E-state index contributed by atoms with van der Waals surface area (Å²) in [5, 5.41) is 9.23. The maximum atomic E-state index is 9.23. The van der Waals surface area contributed by atoms with Crippen LogP contribution in [0.4, 0.5) is 0 Å². The molecule has 0 aliphatic heterocycles. The Morgan fingerprint density at radius 2 is 1.79 bits per heavy atom. The third kappa shape index (κ3) is 12.2. The maximum absolute atomic E-state index is 9.23. The molecule has 0 saturated carbocycles. The minimum atomic E-state index is 0.237. The Morgan fingerprint density at radius 1 is 1.07 bits per heavy atom. The molecule has 1 N–H and O–H groups in total. The summed E-state index contributed by atoms with van der Waals surface area (Å²) in [6.07, 6.45) is 11.9. The molecule has 0 aliphatic rings. The molecule has 0 heterocycles. The number of hydrogen-bond donors (Lipinski definition) is 1. The van der Waals surface area contributed by atoms with Crippen molar-refractivity contribution >= 4 is 0 Å². The van der Waals surface area contributed by atoms with Gasteiger partial charge in [-0.1, -0.05) is 60.6 Å². The quantitative estimate of drug-likeness (QED) is 0.382. The van der Waals surface area contributed by atoms with Crippen molar-refractivity contribution in [3.8, 4) is 0 Å². The third-order valence-electron chi connectivity index (χ3n) is 5.40. The van der Waals surface area contributed by atoms with Gasteiger partial charge in [-0.3, -0.25) is 0 Å². The van der Waals surface area contributed by atoms with E-state index in [0.717, 1.165) is 31.8 Å². The minimum absolute atomic E-state index is 0.237. The van der Waals surface area contributed by atoms with Crippen LogP contribution in [0.25, 0.3) is 0 Å². The fourth-order valence-electron chi connectivity index (χ4n) is 3.86. The highest BCUT2D eigenvalue weighted by Gasteiger charge is 2.16. The van der Waals surface area contributed by atoms with E-state index in [-0.39, 0.29) is 6.61 Å². The zero-order valence-electron chi connectivity index (χ0n) is 19.0. The first-order chi connectivity index (χ1) is 13.4. The summed E-state index contributed by atoms with van der Waals surface area (Å²) in [5.41, 5.74) is 4.36. The second-order valence-corrected chi connectivity index (χ2v) is 8.83. The lowest BCUT2D eigenvalue weighted by Gasteiger charge is -2.26. The Bertz CT molecular complexity index is 571. The van der Waals surface area contributed by atoms with Crippen molar-refractivity contribution in [3.05, 3.63) is 59.2 Å². The second-order valence-electron chi connectivity index (χ2n) is 8.83. The van der Waals surface area contributed by atoms with Gasteiger partial charge in [-0.15, -0.1) is 0 Å². The minimum Gasteiger partial charge on any atom is -0.395 e. The normalized spacial score (nSPS) is 14.2. The summed E-state index contributed by atoms with van der Waals surface area (Å²) < 4.78 is 0. The van der Waals surface area contributed by atoms with Crippen LogP contribution >= 0.6 is 0 Å². The van der Waals surface area contributed by atoms with Crippen LogP contribution in [-0.4, -0.2) is 36.8 Å². The summed E-state index contributed by atoms with van der Waals surface area (Å²) in [6.45, 7) is 11.1. The molecule has 0 bridgehead atoms. The number of nitrogens with zero attached hydrogens (tertiary/aromatic N) is 1. The zero-order chi connectivity index (χ0) is 20.8. The van der Waals surface area contributed by atoms with Crippen LogP contribution in [0.15, 0.2) is 53.6 Å². The molecular weight excluding hydrogens is 342 g/mol. The Labute approximate surface area is 174 Å². The van der Waals surface area contributed by atoms with Gasteiger partial charge < -0.3 is 10.0 Å². The molecule has 2 heteroatoms. The molecule has 1 rings (SSSR count). The van der Waals surface area contributed by atoms with Crippen LogP contribution in [0, 0.1) is 11.8 Å². The summed E-state index contributed by atoms with van der Waals surface area (Å²) >= 11 is 0. The molecule has 28 heavy (non-hydrogen) atoms. The van der Waals surface area contributed by atoms with Crippen LogP contribution in [0.5, 0.6) is 0 Å². The number of rotatable bonds is 14. The van der Waals surface area contributed by atoms with Gasteiger partial charge in [0.25, 0.3) is 0 Å². The monoisotopic (exact) mass is 385 g/mol. The van der Waals surface area contributed by atoms with Gasteiger partial charge in [0.15, 0.2) is 0 Å². The maximum Gasteiger partial charge on any atom is 0.0558 e. The van der Waals surface area contributed by atoms with Crippen LogP contribution in [0.3, 0.4) is 0 Å². The van der Waals surface area contributed by atoms with E-state index in [4.69, 9.17) is 0 Å². The van der Waals surface area contributed by atoms with Crippen molar-refractivity contribution in [3.63, 3.8) is 0 Å². The fraction of sp³-hybridized carbons (Fsp3) is 0.615. The predicted molar refractivity (Wildman–Crippen MR) is 124 cm³/mol. The Balaban J connectivity index is 2.50. The van der Waals surface area contributed by atoms with Gasteiger partial charge in [0, 0.05) is 13.1 Å². The molecule has 1 aromatic carbocycles. The van der Waals surface area contributed by atoms with E-state index in [0.29, 0.717) is 5.92 Å². The molecule has 0 aliphatic carbocycles. The molecule has 2 unspecified atom stereocenters. The molecule has 158 valence electrons. The molecule has 0 radical (unpaired) electrons. The smallest absolute Gasteiger partial charge is 0.0558 e.